The third-order valence-corrected chi connectivity index (χ3v) is 1.01. The molecular formula is C5H7N3O3. The molecule has 0 aliphatic carbocycles. The molecule has 0 spiro atoms. The van der Waals surface area contributed by atoms with Crippen LogP contribution in [0.15, 0.2) is 0 Å². The normalized spacial score (nSPS) is 9.00. The number of amidine groups is 1. The minimum absolute atomic E-state index is 0.536. The van der Waals surface area contributed by atoms with Crippen molar-refractivity contribution in [3.63, 3.8) is 0 Å². The Morgan fingerprint density at radius 1 is 1.64 bits per heavy atom. The van der Waals surface area contributed by atoms with E-state index in [0.29, 0.717) is 0 Å². The number of hydrogen-bond donors (Lipinski definition) is 0. The standard InChI is InChI=1S/C5H7N3O3/c1-3(2)4(9)5(7-6)8(10)11/h3H,1-2H3. The zero-order valence-electron chi connectivity index (χ0n) is 6.14. The molecule has 0 bridgehead atoms. The largest absolute Gasteiger partial charge is 0.647 e. The fourth-order valence-electron chi connectivity index (χ4n) is 0.434. The summed E-state index contributed by atoms with van der Waals surface area (Å²) in [5, 5.41) is 9.97. The van der Waals surface area contributed by atoms with E-state index in [1.807, 2.05) is 0 Å². The van der Waals surface area contributed by atoms with Gasteiger partial charge < -0.3 is 5.53 Å². The Kier molecular flexibility index (Phi) is 3.07. The smallest absolute Gasteiger partial charge is 0.354 e. The molecule has 0 aliphatic heterocycles. The van der Waals surface area contributed by atoms with Gasteiger partial charge in [-0.25, -0.2) is 0 Å². The highest BCUT2D eigenvalue weighted by atomic mass is 16.6. The fourth-order valence-corrected chi connectivity index (χ4v) is 0.434. The summed E-state index contributed by atoms with van der Waals surface area (Å²) in [4.78, 5) is 22.0. The van der Waals surface area contributed by atoms with Gasteiger partial charge in [-0.05, 0) is 0 Å². The summed E-state index contributed by atoms with van der Waals surface area (Å²) in [5.74, 6) is -2.33. The topological polar surface area (TPSA) is 96.6 Å². The van der Waals surface area contributed by atoms with Crippen molar-refractivity contribution in [1.29, 1.82) is 0 Å². The number of carbonyl (C=O) groups excluding carboxylic acids is 1. The monoisotopic (exact) mass is 157 g/mol. The van der Waals surface area contributed by atoms with Crippen molar-refractivity contribution < 1.29 is 14.5 Å². The quantitative estimate of drug-likeness (QED) is 0.142. The summed E-state index contributed by atoms with van der Waals surface area (Å²) in [7, 11) is 0. The molecule has 11 heavy (non-hydrogen) atoms. The van der Waals surface area contributed by atoms with Crippen LogP contribution in [0.5, 0.6) is 0 Å². The van der Waals surface area contributed by atoms with Crippen molar-refractivity contribution in [2.24, 2.45) is 5.92 Å². The molecule has 6 nitrogen and oxygen atoms in total. The molecule has 0 aliphatic rings. The number of rotatable bonds is 2. The number of Topliss-reactive ketones (excluding diaryl/α,β-unsaturated/α-hetero) is 1. The van der Waals surface area contributed by atoms with Crippen molar-refractivity contribution >= 4 is 11.6 Å². The van der Waals surface area contributed by atoms with E-state index < -0.39 is 22.5 Å². The van der Waals surface area contributed by atoms with E-state index >= 15 is 0 Å². The average molecular weight is 157 g/mol. The predicted octanol–water partition coefficient (Wildman–Crippen LogP) is 0.117. The van der Waals surface area contributed by atoms with Gasteiger partial charge in [-0.3, -0.25) is 14.9 Å². The molecule has 0 atom stereocenters. The minimum Gasteiger partial charge on any atom is -0.354 e. The Balaban J connectivity index is 4.70. The van der Waals surface area contributed by atoms with Crippen molar-refractivity contribution in [1.82, 2.24) is 0 Å². The number of carbonyl (C=O) groups is 1. The Bertz CT molecular complexity index is 239. The van der Waals surface area contributed by atoms with Crippen molar-refractivity contribution in [3.05, 3.63) is 15.6 Å². The van der Waals surface area contributed by atoms with Crippen LogP contribution >= 0.6 is 0 Å². The van der Waals surface area contributed by atoms with Crippen LogP contribution in [0, 0.1) is 16.0 Å². The van der Waals surface area contributed by atoms with Gasteiger partial charge in [0, 0.05) is 5.92 Å². The van der Waals surface area contributed by atoms with Gasteiger partial charge in [0.15, 0.2) is 0 Å². The molecule has 0 saturated heterocycles. The molecule has 0 N–H and O–H groups in total. The maximum Gasteiger partial charge on any atom is 0.647 e. The van der Waals surface area contributed by atoms with Gasteiger partial charge in [0.05, 0.1) is 0 Å². The third kappa shape index (κ3) is 2.27. The first-order valence-corrected chi connectivity index (χ1v) is 2.91. The van der Waals surface area contributed by atoms with Gasteiger partial charge in [-0.15, -0.1) is 0 Å². The summed E-state index contributed by atoms with van der Waals surface area (Å²) in [6.45, 7) is 2.97. The van der Waals surface area contributed by atoms with E-state index in [9.17, 15) is 14.9 Å². The second kappa shape index (κ2) is 3.58. The molecule has 0 rings (SSSR count). The highest BCUT2D eigenvalue weighted by Crippen LogP contribution is 1.95. The first-order chi connectivity index (χ1) is 5.00. The van der Waals surface area contributed by atoms with Gasteiger partial charge in [-0.1, -0.05) is 18.6 Å². The molecule has 0 aromatic rings. The maximum absolute atomic E-state index is 10.8. The lowest BCUT2D eigenvalue weighted by molar-refractivity contribution is -0.381. The van der Waals surface area contributed by atoms with Gasteiger partial charge in [0.25, 0.3) is 0 Å². The van der Waals surface area contributed by atoms with Crippen LogP contribution in [-0.2, 0) is 4.79 Å². The van der Waals surface area contributed by atoms with Crippen LogP contribution < -0.4 is 0 Å². The van der Waals surface area contributed by atoms with E-state index in [0.717, 1.165) is 0 Å². The highest BCUT2D eigenvalue weighted by Gasteiger charge is 2.35. The molecule has 0 aromatic carbocycles. The van der Waals surface area contributed by atoms with Crippen molar-refractivity contribution in [2.45, 2.75) is 13.8 Å². The molecule has 0 amide bonds. The summed E-state index contributed by atoms with van der Waals surface area (Å²) < 4.78 is 0. The summed E-state index contributed by atoms with van der Waals surface area (Å²) in [5.41, 5.74) is 8.04. The van der Waals surface area contributed by atoms with Gasteiger partial charge in [0.1, 0.15) is 4.92 Å². The Morgan fingerprint density at radius 2 is 2.09 bits per heavy atom. The van der Waals surface area contributed by atoms with E-state index in [-0.39, 0.29) is 0 Å². The van der Waals surface area contributed by atoms with Crippen molar-refractivity contribution in [3.8, 4) is 0 Å². The highest BCUT2D eigenvalue weighted by molar-refractivity contribution is 6.33. The van der Waals surface area contributed by atoms with Gasteiger partial charge in [-0.2, -0.15) is 0 Å². The van der Waals surface area contributed by atoms with Crippen LogP contribution in [0.4, 0.5) is 0 Å². The minimum atomic E-state index is -1.01. The van der Waals surface area contributed by atoms with E-state index in [4.69, 9.17) is 5.53 Å². The van der Waals surface area contributed by atoms with E-state index in [2.05, 4.69) is 4.79 Å². The SMILES string of the molecule is CC(C)C(=O)C(=[N+]=[N-])[N+](=O)[O-]. The Morgan fingerprint density at radius 3 is 2.18 bits per heavy atom. The van der Waals surface area contributed by atoms with Crippen LogP contribution in [0.25, 0.3) is 5.53 Å². The number of nitro groups is 1. The molecular weight excluding hydrogens is 150 g/mol. The fraction of sp³-hybridized carbons (Fsp3) is 0.600. The lowest BCUT2D eigenvalue weighted by Crippen LogP contribution is -2.27. The molecule has 0 heterocycles. The Labute approximate surface area is 62.6 Å². The van der Waals surface area contributed by atoms with Crippen molar-refractivity contribution in [2.75, 3.05) is 0 Å². The lowest BCUT2D eigenvalue weighted by atomic mass is 10.1. The van der Waals surface area contributed by atoms with Crippen LogP contribution in [0.3, 0.4) is 0 Å². The molecule has 0 unspecified atom stereocenters. The molecule has 0 saturated carbocycles. The maximum atomic E-state index is 10.8. The summed E-state index contributed by atoms with van der Waals surface area (Å²) in [6, 6.07) is 0. The second-order valence-electron chi connectivity index (χ2n) is 2.20. The molecule has 60 valence electrons. The number of nitrogens with zero attached hydrogens (tertiary/aromatic N) is 3. The zero-order valence-corrected chi connectivity index (χ0v) is 6.14. The predicted molar refractivity (Wildman–Crippen MR) is 35.5 cm³/mol. The van der Waals surface area contributed by atoms with E-state index in [1.54, 1.807) is 0 Å². The molecule has 6 heteroatoms. The lowest BCUT2D eigenvalue weighted by Gasteiger charge is -1.90. The van der Waals surface area contributed by atoms with Gasteiger partial charge >= 0.3 is 11.6 Å². The number of ketones is 1. The van der Waals surface area contributed by atoms with Crippen LogP contribution in [0.2, 0.25) is 0 Å². The van der Waals surface area contributed by atoms with Crippen LogP contribution in [-0.4, -0.2) is 21.3 Å². The van der Waals surface area contributed by atoms with Gasteiger partial charge in [0.2, 0.25) is 0 Å². The Hall–Kier alpha value is -1.55. The zero-order chi connectivity index (χ0) is 9.02. The molecule has 0 fully saturated rings. The molecule has 0 aromatic heterocycles. The first-order valence-electron chi connectivity index (χ1n) is 2.91. The average Bonchev–Trinajstić information content (AvgIpc) is 1.88. The van der Waals surface area contributed by atoms with E-state index in [1.165, 1.54) is 13.8 Å². The summed E-state index contributed by atoms with van der Waals surface area (Å²) in [6.07, 6.45) is 0. The summed E-state index contributed by atoms with van der Waals surface area (Å²) >= 11 is 0. The van der Waals surface area contributed by atoms with Crippen LogP contribution in [0.1, 0.15) is 13.8 Å². The molecule has 0 radical (unpaired) electrons. The second-order valence-corrected chi connectivity index (χ2v) is 2.20. The number of hydrogen-bond acceptors (Lipinski definition) is 3. The third-order valence-electron chi connectivity index (χ3n) is 1.01. The first kappa shape index (κ1) is 9.45.